The van der Waals surface area contributed by atoms with Crippen LogP contribution in [0.2, 0.25) is 0 Å². The lowest BCUT2D eigenvalue weighted by Gasteiger charge is -2.39. The molecule has 3 saturated heterocycles. The summed E-state index contributed by atoms with van der Waals surface area (Å²) >= 11 is 0. The number of fused-ring (bicyclic) bond motifs is 4. The monoisotopic (exact) mass is 416 g/mol. The maximum absolute atomic E-state index is 11.8. The third-order valence-corrected chi connectivity index (χ3v) is 7.00. The smallest absolute Gasteiger partial charge is 0.303 e. The molecule has 3 heterocycles. The van der Waals surface area contributed by atoms with Gasteiger partial charge in [0, 0.05) is 25.7 Å². The Balaban J connectivity index is 1.43. The third kappa shape index (κ3) is 3.60. The van der Waals surface area contributed by atoms with E-state index in [0.717, 1.165) is 12.0 Å². The number of rotatable bonds is 8. The second-order valence-electron chi connectivity index (χ2n) is 9.39. The minimum Gasteiger partial charge on any atom is -0.458 e. The van der Waals surface area contributed by atoms with Crippen LogP contribution in [0.25, 0.3) is 0 Å². The second kappa shape index (κ2) is 7.45. The van der Waals surface area contributed by atoms with Crippen LogP contribution in [-0.4, -0.2) is 46.6 Å². The summed E-state index contributed by atoms with van der Waals surface area (Å²) < 4.78 is 23.7. The van der Waals surface area contributed by atoms with Crippen molar-refractivity contribution in [1.29, 1.82) is 0 Å². The van der Waals surface area contributed by atoms with Crippen molar-refractivity contribution in [2.75, 3.05) is 0 Å². The van der Waals surface area contributed by atoms with Crippen LogP contribution in [0.1, 0.15) is 52.5 Å². The third-order valence-electron chi connectivity index (χ3n) is 7.00. The molecule has 3 aliphatic rings. The number of epoxide rings is 1. The van der Waals surface area contributed by atoms with Crippen molar-refractivity contribution in [1.82, 2.24) is 0 Å². The fraction of sp³-hybridized carbons (Fsp3) is 0.625. The number of hydrogen-bond donors (Lipinski definition) is 1. The highest BCUT2D eigenvalue weighted by Gasteiger charge is 2.78. The van der Waals surface area contributed by atoms with Gasteiger partial charge in [-0.05, 0) is 37.8 Å². The second-order valence-corrected chi connectivity index (χ2v) is 9.39. The van der Waals surface area contributed by atoms with Crippen molar-refractivity contribution in [3.8, 4) is 0 Å². The van der Waals surface area contributed by atoms with Gasteiger partial charge in [-0.25, -0.2) is 0 Å². The number of hydrogen-bond acceptors (Lipinski definition) is 6. The SMILES string of the molecule is C=C(CCC12OC3O[C@]3(C)C(C)(CC1O)O2)C(OC(C)=O)C(C)Cc1ccccc1. The van der Waals surface area contributed by atoms with E-state index in [4.69, 9.17) is 18.9 Å². The van der Waals surface area contributed by atoms with E-state index in [2.05, 4.69) is 25.6 Å². The van der Waals surface area contributed by atoms with Gasteiger partial charge in [-0.3, -0.25) is 4.79 Å². The molecule has 6 unspecified atom stereocenters. The van der Waals surface area contributed by atoms with Gasteiger partial charge in [0.25, 0.3) is 0 Å². The van der Waals surface area contributed by atoms with E-state index >= 15 is 0 Å². The molecule has 2 bridgehead atoms. The molecule has 0 aromatic heterocycles. The number of carbonyl (C=O) groups is 1. The van der Waals surface area contributed by atoms with Gasteiger partial charge in [0.2, 0.25) is 0 Å². The summed E-state index contributed by atoms with van der Waals surface area (Å²) in [5.41, 5.74) is 0.892. The predicted octanol–water partition coefficient (Wildman–Crippen LogP) is 3.51. The Morgan fingerprint density at radius 1 is 1.30 bits per heavy atom. The minimum atomic E-state index is -1.11. The van der Waals surface area contributed by atoms with Gasteiger partial charge < -0.3 is 24.1 Å². The molecule has 1 aromatic rings. The van der Waals surface area contributed by atoms with Crippen molar-refractivity contribution < 1.29 is 28.8 Å². The maximum Gasteiger partial charge on any atom is 0.303 e. The summed E-state index contributed by atoms with van der Waals surface area (Å²) in [6.45, 7) is 11.6. The lowest BCUT2D eigenvalue weighted by molar-refractivity contribution is -0.314. The van der Waals surface area contributed by atoms with Crippen LogP contribution in [0, 0.1) is 5.92 Å². The highest BCUT2D eigenvalue weighted by atomic mass is 16.9. The lowest BCUT2D eigenvalue weighted by Crippen LogP contribution is -2.53. The predicted molar refractivity (Wildman–Crippen MR) is 110 cm³/mol. The number of aliphatic hydroxyl groups excluding tert-OH is 1. The first-order chi connectivity index (χ1) is 14.1. The molecule has 7 atom stereocenters. The van der Waals surface area contributed by atoms with Gasteiger partial charge in [-0.1, -0.05) is 43.8 Å². The summed E-state index contributed by atoms with van der Waals surface area (Å²) in [4.78, 5) is 11.8. The number of carbonyl (C=O) groups excluding carboxylic acids is 1. The van der Waals surface area contributed by atoms with Crippen molar-refractivity contribution in [3.05, 3.63) is 48.0 Å². The Labute approximate surface area is 178 Å². The van der Waals surface area contributed by atoms with E-state index in [1.54, 1.807) is 0 Å². The Morgan fingerprint density at radius 2 is 2.00 bits per heavy atom. The van der Waals surface area contributed by atoms with Gasteiger partial charge in [-0.2, -0.15) is 0 Å². The zero-order chi connectivity index (χ0) is 21.7. The van der Waals surface area contributed by atoms with Crippen LogP contribution in [-0.2, 0) is 30.2 Å². The molecule has 1 aromatic carbocycles. The van der Waals surface area contributed by atoms with Gasteiger partial charge in [0.15, 0.2) is 12.1 Å². The molecule has 6 nitrogen and oxygen atoms in total. The normalized spacial score (nSPS) is 38.4. The van der Waals surface area contributed by atoms with Crippen LogP contribution >= 0.6 is 0 Å². The summed E-state index contributed by atoms with van der Waals surface area (Å²) in [7, 11) is 0. The zero-order valence-electron chi connectivity index (χ0n) is 18.2. The first kappa shape index (κ1) is 21.5. The van der Waals surface area contributed by atoms with Gasteiger partial charge >= 0.3 is 5.97 Å². The number of esters is 1. The van der Waals surface area contributed by atoms with Gasteiger partial charge in [0.1, 0.15) is 23.4 Å². The molecule has 0 spiro atoms. The quantitative estimate of drug-likeness (QED) is 0.397. The van der Waals surface area contributed by atoms with Crippen molar-refractivity contribution in [3.63, 3.8) is 0 Å². The maximum atomic E-state index is 11.8. The van der Waals surface area contributed by atoms with E-state index in [1.807, 2.05) is 32.0 Å². The van der Waals surface area contributed by atoms with E-state index < -0.39 is 29.2 Å². The fourth-order valence-electron chi connectivity index (χ4n) is 4.93. The van der Waals surface area contributed by atoms with Crippen LogP contribution in [0.15, 0.2) is 42.5 Å². The lowest BCUT2D eigenvalue weighted by atomic mass is 9.87. The molecule has 0 saturated carbocycles. The molecule has 0 radical (unpaired) electrons. The Bertz CT molecular complexity index is 824. The van der Waals surface area contributed by atoms with E-state index in [-0.39, 0.29) is 18.2 Å². The Kier molecular flexibility index (Phi) is 5.34. The van der Waals surface area contributed by atoms with E-state index in [9.17, 15) is 9.90 Å². The standard InChI is InChI=1S/C24H32O6/c1-15(20(27-17(3)25)16(2)13-18-9-7-6-8-10-18)11-12-24-19(26)14-22(4,30-24)23(5)21(28-23)29-24/h6-10,16,19-21,26H,1,11-14H2,2-5H3/t16?,19?,20?,21?,22?,23-,24?/m0/s1. The molecule has 0 aliphatic carbocycles. The van der Waals surface area contributed by atoms with Crippen LogP contribution in [0.4, 0.5) is 0 Å². The van der Waals surface area contributed by atoms with E-state index in [1.165, 1.54) is 12.5 Å². The molecule has 4 rings (SSSR count). The van der Waals surface area contributed by atoms with Crippen LogP contribution in [0.3, 0.4) is 0 Å². The first-order valence-corrected chi connectivity index (χ1v) is 10.7. The van der Waals surface area contributed by atoms with Gasteiger partial charge in [0.05, 0.1) is 0 Å². The highest BCUT2D eigenvalue weighted by molar-refractivity contribution is 5.66. The summed E-state index contributed by atoms with van der Waals surface area (Å²) in [6, 6.07) is 10.1. The molecule has 6 heteroatoms. The average Bonchev–Trinajstić information content (AvgIpc) is 3.29. The first-order valence-electron chi connectivity index (χ1n) is 10.7. The molecule has 30 heavy (non-hydrogen) atoms. The largest absolute Gasteiger partial charge is 0.458 e. The Morgan fingerprint density at radius 3 is 2.67 bits per heavy atom. The molecule has 1 N–H and O–H groups in total. The van der Waals surface area contributed by atoms with Crippen molar-refractivity contribution in [2.24, 2.45) is 5.92 Å². The topological polar surface area (TPSA) is 77.5 Å². The molecular formula is C24H32O6. The molecular weight excluding hydrogens is 384 g/mol. The summed E-state index contributed by atoms with van der Waals surface area (Å²) in [5.74, 6) is -1.38. The number of ether oxygens (including phenoxy) is 4. The van der Waals surface area contributed by atoms with Crippen LogP contribution < -0.4 is 0 Å². The summed E-state index contributed by atoms with van der Waals surface area (Å²) in [5, 5.41) is 10.7. The van der Waals surface area contributed by atoms with Crippen LogP contribution in [0.5, 0.6) is 0 Å². The molecule has 3 fully saturated rings. The zero-order valence-corrected chi connectivity index (χ0v) is 18.2. The molecule has 164 valence electrons. The van der Waals surface area contributed by atoms with E-state index in [0.29, 0.717) is 19.3 Å². The fourth-order valence-corrected chi connectivity index (χ4v) is 4.93. The average molecular weight is 417 g/mol. The van der Waals surface area contributed by atoms with Crippen molar-refractivity contribution in [2.45, 2.75) is 88.9 Å². The molecule has 3 aliphatic heterocycles. The van der Waals surface area contributed by atoms with Gasteiger partial charge in [-0.15, -0.1) is 0 Å². The molecule has 0 amide bonds. The number of aliphatic hydroxyl groups is 1. The number of benzene rings is 1. The minimum absolute atomic E-state index is 0.0586. The summed E-state index contributed by atoms with van der Waals surface area (Å²) in [6.07, 6.45) is 0.646. The highest BCUT2D eigenvalue weighted by Crippen LogP contribution is 2.62. The van der Waals surface area contributed by atoms with Crippen molar-refractivity contribution >= 4 is 5.97 Å². The Hall–Kier alpha value is -1.73.